The Morgan fingerprint density at radius 3 is 0.550 bits per heavy atom. The van der Waals surface area contributed by atoms with Crippen LogP contribution in [0.4, 0.5) is 79.0 Å². The van der Waals surface area contributed by atoms with Crippen LogP contribution in [0.15, 0.2) is 35.5 Å². The van der Waals surface area contributed by atoms with E-state index >= 15 is 0 Å². The van der Waals surface area contributed by atoms with E-state index in [-0.39, 0.29) is 25.8 Å². The average Bonchev–Trinajstić information content (AvgIpc) is 2.64. The summed E-state index contributed by atoms with van der Waals surface area (Å²) in [6.07, 6.45) is -35.0. The topological polar surface area (TPSA) is 112 Å². The van der Waals surface area contributed by atoms with Crippen molar-refractivity contribution in [3.05, 3.63) is 35.5 Å². The number of allylic oxidation sites excluding steroid dienone is 6. The molecule has 231 valence electrons. The van der Waals surface area contributed by atoms with Gasteiger partial charge in [0.25, 0.3) is 17.3 Å². The molecule has 0 aliphatic carbocycles. The number of carbonyl (C=O) groups excluding carboxylic acids is 3. The normalized spacial score (nSPS) is 14.1. The van der Waals surface area contributed by atoms with E-state index < -0.39 is 89.9 Å². The van der Waals surface area contributed by atoms with Gasteiger partial charge in [-0.2, -0.15) is 79.0 Å². The molecular formula is C15H6F18O6Sc. The van der Waals surface area contributed by atoms with Crippen LogP contribution >= 0.6 is 0 Å². The van der Waals surface area contributed by atoms with E-state index in [1.54, 1.807) is 0 Å². The van der Waals surface area contributed by atoms with Gasteiger partial charge in [0.05, 0.1) is 0 Å². The third-order valence-corrected chi connectivity index (χ3v) is 2.51. The van der Waals surface area contributed by atoms with Crippen molar-refractivity contribution in [1.82, 2.24) is 0 Å². The Balaban J connectivity index is -0.000000240. The fourth-order valence-electron chi connectivity index (χ4n) is 0.864. The predicted molar refractivity (Wildman–Crippen MR) is 83.5 cm³/mol. The van der Waals surface area contributed by atoms with Gasteiger partial charge in [0.1, 0.15) is 0 Å². The maximum Gasteiger partial charge on any atom is 0.454 e. The van der Waals surface area contributed by atoms with E-state index in [0.717, 1.165) is 0 Å². The Labute approximate surface area is 225 Å². The number of halogens is 18. The number of hydrogen-bond donors (Lipinski definition) is 3. The summed E-state index contributed by atoms with van der Waals surface area (Å²) in [6.45, 7) is 0. The number of alkyl halides is 18. The molecule has 0 fully saturated rings. The minimum Gasteiger partial charge on any atom is -0.504 e. The second-order valence-electron chi connectivity index (χ2n) is 5.67. The molecule has 0 amide bonds. The molecule has 0 aliphatic heterocycles. The van der Waals surface area contributed by atoms with Crippen LogP contribution in [0.25, 0.3) is 0 Å². The van der Waals surface area contributed by atoms with Gasteiger partial charge in [0.15, 0.2) is 0 Å². The summed E-state index contributed by atoms with van der Waals surface area (Å²) < 4.78 is 204. The number of hydrogen-bond acceptors (Lipinski definition) is 6. The fraction of sp³-hybridized carbons (Fsp3) is 0.400. The first-order valence-corrected chi connectivity index (χ1v) is 7.92. The summed E-state index contributed by atoms with van der Waals surface area (Å²) in [7, 11) is 0. The van der Waals surface area contributed by atoms with Gasteiger partial charge in [0, 0.05) is 44.1 Å². The van der Waals surface area contributed by atoms with Crippen LogP contribution < -0.4 is 0 Å². The molecule has 40 heavy (non-hydrogen) atoms. The van der Waals surface area contributed by atoms with Gasteiger partial charge < -0.3 is 15.3 Å². The van der Waals surface area contributed by atoms with Crippen LogP contribution in [0, 0.1) is 0 Å². The van der Waals surface area contributed by atoms with Crippen LogP contribution in [0.3, 0.4) is 0 Å². The minimum absolute atomic E-state index is 0. The molecule has 0 aromatic carbocycles. The second-order valence-corrected chi connectivity index (χ2v) is 5.67. The number of ketones is 3. The van der Waals surface area contributed by atoms with E-state index in [4.69, 9.17) is 15.3 Å². The third-order valence-electron chi connectivity index (χ3n) is 2.51. The van der Waals surface area contributed by atoms with E-state index in [2.05, 4.69) is 0 Å². The van der Waals surface area contributed by atoms with Crippen molar-refractivity contribution in [2.45, 2.75) is 37.1 Å². The zero-order valence-corrected chi connectivity index (χ0v) is 19.5. The molecule has 1 radical (unpaired) electrons. The number of rotatable bonds is 3. The summed E-state index contributed by atoms with van der Waals surface area (Å²) in [4.78, 5) is 29.6. The van der Waals surface area contributed by atoms with E-state index in [1.165, 1.54) is 0 Å². The van der Waals surface area contributed by atoms with E-state index in [1.807, 2.05) is 0 Å². The van der Waals surface area contributed by atoms with Crippen molar-refractivity contribution >= 4 is 17.3 Å². The summed E-state index contributed by atoms with van der Waals surface area (Å²) in [5.74, 6) is -16.0. The zero-order chi connectivity index (χ0) is 32.6. The molecule has 0 unspecified atom stereocenters. The van der Waals surface area contributed by atoms with Crippen molar-refractivity contribution in [1.29, 1.82) is 0 Å². The largest absolute Gasteiger partial charge is 0.504 e. The van der Waals surface area contributed by atoms with Gasteiger partial charge in [-0.15, -0.1) is 0 Å². The number of aliphatic hydroxyl groups is 3. The molecule has 0 heterocycles. The maximum absolute atomic E-state index is 11.4. The molecule has 0 saturated heterocycles. The van der Waals surface area contributed by atoms with Crippen LogP contribution in [-0.4, -0.2) is 69.7 Å². The van der Waals surface area contributed by atoms with Crippen molar-refractivity contribution in [2.75, 3.05) is 0 Å². The summed E-state index contributed by atoms with van der Waals surface area (Å²) in [5.41, 5.74) is 0. The Kier molecular flexibility index (Phi) is 16.9. The summed E-state index contributed by atoms with van der Waals surface area (Å²) in [6, 6.07) is 0. The first-order valence-electron chi connectivity index (χ1n) is 7.92. The Morgan fingerprint density at radius 2 is 0.475 bits per heavy atom. The molecule has 25 heteroatoms. The van der Waals surface area contributed by atoms with Gasteiger partial charge in [-0.3, -0.25) is 14.4 Å². The Hall–Kier alpha value is -2.76. The number of aliphatic hydroxyl groups excluding tert-OH is 3. The van der Waals surface area contributed by atoms with Gasteiger partial charge in [-0.1, -0.05) is 0 Å². The smallest absolute Gasteiger partial charge is 0.454 e. The fourth-order valence-corrected chi connectivity index (χ4v) is 0.864. The molecule has 6 nitrogen and oxygen atoms in total. The van der Waals surface area contributed by atoms with Gasteiger partial charge in [-0.05, 0) is 0 Å². The van der Waals surface area contributed by atoms with E-state index in [9.17, 15) is 93.4 Å². The third kappa shape index (κ3) is 20.2. The predicted octanol–water partition coefficient (Wildman–Crippen LogP) is 6.36. The molecule has 0 aliphatic rings. The number of carbonyl (C=O) groups is 3. The second kappa shape index (κ2) is 15.3. The average molecular weight is 669 g/mol. The first-order chi connectivity index (χ1) is 16.6. The molecule has 0 aromatic heterocycles. The molecule has 0 aromatic rings. The van der Waals surface area contributed by atoms with Gasteiger partial charge in [-0.25, -0.2) is 0 Å². The first kappa shape index (κ1) is 44.3. The quantitative estimate of drug-likeness (QED) is 0.183. The van der Waals surface area contributed by atoms with Crippen molar-refractivity contribution in [2.24, 2.45) is 0 Å². The van der Waals surface area contributed by atoms with Crippen molar-refractivity contribution < 1.29 is 135 Å². The van der Waals surface area contributed by atoms with Crippen LogP contribution in [0.2, 0.25) is 0 Å². The van der Waals surface area contributed by atoms with E-state index in [0.29, 0.717) is 0 Å². The molecule has 0 rings (SSSR count). The zero-order valence-electron chi connectivity index (χ0n) is 17.7. The van der Waals surface area contributed by atoms with Gasteiger partial charge in [0.2, 0.25) is 17.3 Å². The van der Waals surface area contributed by atoms with Crippen LogP contribution in [0.1, 0.15) is 0 Å². The van der Waals surface area contributed by atoms with Crippen LogP contribution in [-0.2, 0) is 40.2 Å². The summed E-state index contributed by atoms with van der Waals surface area (Å²) >= 11 is 0. The Morgan fingerprint density at radius 1 is 0.350 bits per heavy atom. The van der Waals surface area contributed by atoms with Crippen molar-refractivity contribution in [3.8, 4) is 0 Å². The molecule has 0 saturated carbocycles. The maximum atomic E-state index is 11.4. The molecule has 0 atom stereocenters. The Bertz CT molecular complexity index is 834. The monoisotopic (exact) mass is 669 g/mol. The van der Waals surface area contributed by atoms with Gasteiger partial charge >= 0.3 is 37.1 Å². The SMILES string of the molecule is O=C(/C=C(\O)C(F)(F)F)C(F)(F)F.O=C(/C=C(\O)C(F)(F)F)C(F)(F)F.O=C(/C=C(\O)C(F)(F)F)C(F)(F)F.[Sc]. The minimum atomic E-state index is -5.42. The van der Waals surface area contributed by atoms with Crippen LogP contribution in [0.5, 0.6) is 0 Å². The molecular weight excluding hydrogens is 663 g/mol. The van der Waals surface area contributed by atoms with Crippen molar-refractivity contribution in [3.63, 3.8) is 0 Å². The summed E-state index contributed by atoms with van der Waals surface area (Å²) in [5, 5.41) is 23.8. The molecule has 3 N–H and O–H groups in total. The standard InChI is InChI=1S/3C5H2F6O2.Sc/c3*6-4(7,8)2(12)1-3(13)5(9,10)11;/h3*1,12H;/b3*2-1-;. The molecule has 0 spiro atoms. The molecule has 0 bridgehead atoms.